The minimum absolute atomic E-state index is 0.341. The maximum Gasteiger partial charge on any atom is 0.352 e. The number of aromatic nitrogens is 1. The van der Waals surface area contributed by atoms with E-state index in [-0.39, 0.29) is 0 Å². The quantitative estimate of drug-likeness (QED) is 0.877. The summed E-state index contributed by atoms with van der Waals surface area (Å²) in [5, 5.41) is 9.68. The van der Waals surface area contributed by atoms with E-state index in [1.54, 1.807) is 12.3 Å². The molecule has 2 fully saturated rings. The van der Waals surface area contributed by atoms with E-state index in [4.69, 9.17) is 16.7 Å². The van der Waals surface area contributed by atoms with Crippen LogP contribution in [-0.2, 0) is 0 Å². The van der Waals surface area contributed by atoms with Gasteiger partial charge < -0.3 is 9.67 Å². The number of halogens is 1. The van der Waals surface area contributed by atoms with Gasteiger partial charge in [-0.05, 0) is 43.6 Å². The van der Waals surface area contributed by atoms with Crippen LogP contribution >= 0.6 is 11.6 Å². The highest BCUT2D eigenvalue weighted by Gasteiger charge is 2.43. The van der Waals surface area contributed by atoms with Gasteiger partial charge in [-0.15, -0.1) is 0 Å². The first kappa shape index (κ1) is 10.2. The molecular formula is C12H14ClNO2. The molecule has 2 aliphatic carbocycles. The van der Waals surface area contributed by atoms with Crippen molar-refractivity contribution in [3.05, 3.63) is 23.0 Å². The molecule has 4 heteroatoms. The van der Waals surface area contributed by atoms with Crippen molar-refractivity contribution in [2.75, 3.05) is 0 Å². The monoisotopic (exact) mass is 239 g/mol. The van der Waals surface area contributed by atoms with Gasteiger partial charge in [0.25, 0.3) is 0 Å². The average Bonchev–Trinajstić information content (AvgIpc) is 3.07. The van der Waals surface area contributed by atoms with E-state index < -0.39 is 5.97 Å². The summed E-state index contributed by atoms with van der Waals surface area (Å²) in [6.45, 7) is 0. The van der Waals surface area contributed by atoms with Gasteiger partial charge in [0.15, 0.2) is 0 Å². The average molecular weight is 240 g/mol. The Balaban J connectivity index is 1.98. The van der Waals surface area contributed by atoms with Crippen molar-refractivity contribution in [2.45, 2.75) is 31.7 Å². The normalized spacial score (nSPS) is 20.4. The summed E-state index contributed by atoms with van der Waals surface area (Å²) >= 11 is 5.92. The molecular weight excluding hydrogens is 226 g/mol. The first-order valence-electron chi connectivity index (χ1n) is 5.77. The van der Waals surface area contributed by atoms with Crippen LogP contribution < -0.4 is 0 Å². The van der Waals surface area contributed by atoms with Gasteiger partial charge in [0.1, 0.15) is 5.69 Å². The van der Waals surface area contributed by atoms with Gasteiger partial charge in [0, 0.05) is 12.2 Å². The van der Waals surface area contributed by atoms with Crippen molar-refractivity contribution >= 4 is 17.6 Å². The molecule has 2 saturated carbocycles. The predicted molar refractivity (Wildman–Crippen MR) is 60.9 cm³/mol. The van der Waals surface area contributed by atoms with E-state index in [2.05, 4.69) is 0 Å². The van der Waals surface area contributed by atoms with Crippen molar-refractivity contribution < 1.29 is 9.90 Å². The molecule has 86 valence electrons. The second-order valence-corrected chi connectivity index (χ2v) is 5.36. The predicted octanol–water partition coefficient (Wildman–Crippen LogP) is 3.20. The fourth-order valence-electron chi connectivity index (χ4n) is 2.58. The zero-order valence-electron chi connectivity index (χ0n) is 8.90. The van der Waals surface area contributed by atoms with Crippen molar-refractivity contribution in [3.63, 3.8) is 0 Å². The van der Waals surface area contributed by atoms with E-state index >= 15 is 0 Å². The molecule has 1 aromatic heterocycles. The van der Waals surface area contributed by atoms with Crippen LogP contribution in [0.1, 0.15) is 42.2 Å². The van der Waals surface area contributed by atoms with Gasteiger partial charge in [-0.3, -0.25) is 0 Å². The van der Waals surface area contributed by atoms with Gasteiger partial charge >= 0.3 is 5.97 Å². The van der Waals surface area contributed by atoms with E-state index in [1.165, 1.54) is 25.7 Å². The topological polar surface area (TPSA) is 42.2 Å². The minimum Gasteiger partial charge on any atom is -0.477 e. The molecule has 1 N–H and O–H groups in total. The number of rotatable bonds is 4. The van der Waals surface area contributed by atoms with Crippen LogP contribution in [0, 0.1) is 11.8 Å². The molecule has 1 aromatic rings. The Bertz CT molecular complexity index is 420. The van der Waals surface area contributed by atoms with Crippen molar-refractivity contribution in [1.29, 1.82) is 0 Å². The van der Waals surface area contributed by atoms with Crippen molar-refractivity contribution in [3.8, 4) is 0 Å². The lowest BCUT2D eigenvalue weighted by Gasteiger charge is -2.19. The standard InChI is InChI=1S/C12H14ClNO2/c13-9-5-10(12(15)16)14(6-9)11(7-1-2-7)8-3-4-8/h5-8,11H,1-4H2,(H,15,16). The molecule has 0 aliphatic heterocycles. The van der Waals surface area contributed by atoms with E-state index in [0.717, 1.165) is 0 Å². The van der Waals surface area contributed by atoms with Crippen LogP contribution in [0.4, 0.5) is 0 Å². The molecule has 0 unspecified atom stereocenters. The largest absolute Gasteiger partial charge is 0.477 e. The zero-order valence-corrected chi connectivity index (χ0v) is 9.65. The molecule has 0 radical (unpaired) electrons. The third-order valence-electron chi connectivity index (χ3n) is 3.57. The summed E-state index contributed by atoms with van der Waals surface area (Å²) in [4.78, 5) is 11.1. The highest BCUT2D eigenvalue weighted by atomic mass is 35.5. The molecule has 0 spiro atoms. The molecule has 2 aliphatic rings. The molecule has 0 atom stereocenters. The summed E-state index contributed by atoms with van der Waals surface area (Å²) in [7, 11) is 0. The summed E-state index contributed by atoms with van der Waals surface area (Å²) in [5.41, 5.74) is 0.341. The Hall–Kier alpha value is -0.960. The molecule has 0 saturated heterocycles. The van der Waals surface area contributed by atoms with Crippen molar-refractivity contribution in [1.82, 2.24) is 4.57 Å². The first-order chi connectivity index (χ1) is 7.66. The third kappa shape index (κ3) is 1.73. The van der Waals surface area contributed by atoms with Gasteiger partial charge in [0.05, 0.1) is 5.02 Å². The van der Waals surface area contributed by atoms with Gasteiger partial charge in [-0.1, -0.05) is 11.6 Å². The van der Waals surface area contributed by atoms with E-state index in [9.17, 15) is 4.79 Å². The van der Waals surface area contributed by atoms with Crippen LogP contribution in [0.15, 0.2) is 12.3 Å². The Morgan fingerprint density at radius 2 is 1.94 bits per heavy atom. The number of carboxylic acids is 1. The number of nitrogens with zero attached hydrogens (tertiary/aromatic N) is 1. The number of aromatic carboxylic acids is 1. The second kappa shape index (κ2) is 3.52. The van der Waals surface area contributed by atoms with E-state index in [1.807, 2.05) is 4.57 Å². The van der Waals surface area contributed by atoms with Crippen LogP contribution in [0.5, 0.6) is 0 Å². The SMILES string of the molecule is O=C(O)c1cc(Cl)cn1C(C1CC1)C1CC1. The summed E-state index contributed by atoms with van der Waals surface area (Å²) < 4.78 is 1.90. The Labute approximate surface area is 99.0 Å². The highest BCUT2D eigenvalue weighted by molar-refractivity contribution is 6.30. The maximum absolute atomic E-state index is 11.1. The fraction of sp³-hybridized carbons (Fsp3) is 0.583. The molecule has 3 nitrogen and oxygen atoms in total. The Kier molecular flexibility index (Phi) is 2.25. The third-order valence-corrected chi connectivity index (χ3v) is 3.77. The first-order valence-corrected chi connectivity index (χ1v) is 6.15. The van der Waals surface area contributed by atoms with Gasteiger partial charge in [0.2, 0.25) is 0 Å². The zero-order chi connectivity index (χ0) is 11.3. The lowest BCUT2D eigenvalue weighted by molar-refractivity contribution is 0.0681. The van der Waals surface area contributed by atoms with Crippen LogP contribution in [0.3, 0.4) is 0 Å². The second-order valence-electron chi connectivity index (χ2n) is 4.92. The molecule has 3 rings (SSSR count). The molecule has 16 heavy (non-hydrogen) atoms. The molecule has 0 bridgehead atoms. The summed E-state index contributed by atoms with van der Waals surface area (Å²) in [6, 6.07) is 1.93. The van der Waals surface area contributed by atoms with Crippen LogP contribution in [0.2, 0.25) is 5.02 Å². The molecule has 1 heterocycles. The highest BCUT2D eigenvalue weighted by Crippen LogP contribution is 2.52. The maximum atomic E-state index is 11.1. The summed E-state index contributed by atoms with van der Waals surface area (Å²) in [5.74, 6) is 0.473. The lowest BCUT2D eigenvalue weighted by atomic mass is 10.1. The molecule has 0 amide bonds. The van der Waals surface area contributed by atoms with Crippen LogP contribution in [-0.4, -0.2) is 15.6 Å². The van der Waals surface area contributed by atoms with Crippen LogP contribution in [0.25, 0.3) is 0 Å². The Morgan fingerprint density at radius 3 is 2.38 bits per heavy atom. The van der Waals surface area contributed by atoms with E-state index in [0.29, 0.717) is 28.6 Å². The van der Waals surface area contributed by atoms with Gasteiger partial charge in [-0.25, -0.2) is 4.79 Å². The fourth-order valence-corrected chi connectivity index (χ4v) is 2.79. The minimum atomic E-state index is -0.877. The number of carboxylic acid groups (broad SMARTS) is 1. The molecule has 0 aromatic carbocycles. The smallest absolute Gasteiger partial charge is 0.352 e. The Morgan fingerprint density at radius 1 is 1.38 bits per heavy atom. The summed E-state index contributed by atoms with van der Waals surface area (Å²) in [6.07, 6.45) is 6.71. The number of hydrogen-bond donors (Lipinski definition) is 1. The number of hydrogen-bond acceptors (Lipinski definition) is 1. The lowest BCUT2D eigenvalue weighted by Crippen LogP contribution is -2.17. The van der Waals surface area contributed by atoms with Gasteiger partial charge in [-0.2, -0.15) is 0 Å². The number of carbonyl (C=O) groups is 1. The van der Waals surface area contributed by atoms with Crippen molar-refractivity contribution in [2.24, 2.45) is 11.8 Å².